The molecule has 6 nitrogen and oxygen atoms in total. The molecule has 7 heteroatoms. The number of anilines is 2. The minimum absolute atomic E-state index is 0.147. The fourth-order valence-corrected chi connectivity index (χ4v) is 4.51. The molecule has 3 N–H and O–H groups in total. The summed E-state index contributed by atoms with van der Waals surface area (Å²) >= 11 is 0. The van der Waals surface area contributed by atoms with Crippen molar-refractivity contribution in [3.05, 3.63) is 108 Å². The zero-order chi connectivity index (χ0) is 23.3. The van der Waals surface area contributed by atoms with E-state index >= 15 is 0 Å². The van der Waals surface area contributed by atoms with Gasteiger partial charge in [0.1, 0.15) is 16.8 Å². The molecule has 0 spiro atoms. The van der Waals surface area contributed by atoms with Gasteiger partial charge < -0.3 is 15.0 Å². The Morgan fingerprint density at radius 2 is 1.65 bits per heavy atom. The Morgan fingerprint density at radius 1 is 0.882 bits per heavy atom. The third kappa shape index (κ3) is 4.84. The van der Waals surface area contributed by atoms with Gasteiger partial charge in [-0.15, -0.1) is 0 Å². The molecule has 34 heavy (non-hydrogen) atoms. The lowest BCUT2D eigenvalue weighted by atomic mass is 9.96. The molecule has 3 aromatic carbocycles. The molecule has 5 aromatic rings. The summed E-state index contributed by atoms with van der Waals surface area (Å²) in [6.45, 7) is 0.677. The molecule has 2 unspecified atom stereocenters. The van der Waals surface area contributed by atoms with Crippen LogP contribution in [0, 0.1) is 0 Å². The molecule has 0 aliphatic heterocycles. The molecule has 0 saturated carbocycles. The van der Waals surface area contributed by atoms with Crippen LogP contribution in [0.2, 0.25) is 0 Å². The zero-order valence-corrected chi connectivity index (χ0v) is 19.5. The van der Waals surface area contributed by atoms with Crippen molar-refractivity contribution in [3.8, 4) is 11.4 Å². The fourth-order valence-electron chi connectivity index (χ4n) is 4.05. The number of nitrogens with zero attached hydrogens (tertiary/aromatic N) is 2. The Balaban J connectivity index is 1.48. The van der Waals surface area contributed by atoms with Crippen LogP contribution in [0.5, 0.6) is 0 Å². The number of hydrogen-bond acceptors (Lipinski definition) is 4. The van der Waals surface area contributed by atoms with Crippen LogP contribution in [0.3, 0.4) is 0 Å². The van der Waals surface area contributed by atoms with Crippen molar-refractivity contribution in [2.45, 2.75) is 5.92 Å². The van der Waals surface area contributed by atoms with Gasteiger partial charge in [-0.25, -0.2) is 14.2 Å². The van der Waals surface area contributed by atoms with E-state index in [9.17, 15) is 4.21 Å². The maximum Gasteiger partial charge on any atom is 0.162 e. The molecule has 0 aliphatic rings. The molecule has 2 aromatic heterocycles. The molecule has 0 radical (unpaired) electrons. The van der Waals surface area contributed by atoms with E-state index in [0.717, 1.165) is 33.7 Å². The smallest absolute Gasteiger partial charge is 0.162 e. The minimum atomic E-state index is -1.12. The van der Waals surface area contributed by atoms with E-state index in [2.05, 4.69) is 45.4 Å². The van der Waals surface area contributed by atoms with E-state index in [1.807, 2.05) is 66.9 Å². The number of aromatic amines is 1. The van der Waals surface area contributed by atoms with Crippen molar-refractivity contribution in [3.63, 3.8) is 0 Å². The first-order valence-electron chi connectivity index (χ1n) is 11.1. The van der Waals surface area contributed by atoms with Gasteiger partial charge in [-0.2, -0.15) is 0 Å². The monoisotopic (exact) mass is 467 g/mol. The lowest BCUT2D eigenvalue weighted by Crippen LogP contribution is -2.15. The van der Waals surface area contributed by atoms with Crippen molar-refractivity contribution in [1.82, 2.24) is 15.0 Å². The van der Waals surface area contributed by atoms with E-state index in [1.54, 1.807) is 6.26 Å². The first-order chi connectivity index (χ1) is 16.7. The molecule has 5 rings (SSSR count). The Morgan fingerprint density at radius 3 is 2.38 bits per heavy atom. The van der Waals surface area contributed by atoms with Gasteiger partial charge in [-0.05, 0) is 54.1 Å². The summed E-state index contributed by atoms with van der Waals surface area (Å²) in [6, 6.07) is 30.3. The largest absolute Gasteiger partial charge is 0.368 e. The molecule has 0 bridgehead atoms. The van der Waals surface area contributed by atoms with E-state index in [0.29, 0.717) is 12.4 Å². The maximum absolute atomic E-state index is 11.4. The summed E-state index contributed by atoms with van der Waals surface area (Å²) in [5.74, 6) is 1.58. The van der Waals surface area contributed by atoms with Crippen LogP contribution in [0.4, 0.5) is 11.5 Å². The lowest BCUT2D eigenvalue weighted by Gasteiger charge is -2.19. The molecule has 0 fully saturated rings. The number of hydrogen-bond donors (Lipinski definition) is 3. The number of aromatic nitrogens is 3. The van der Waals surface area contributed by atoms with Gasteiger partial charge in [0.2, 0.25) is 0 Å². The first-order valence-corrected chi connectivity index (χ1v) is 12.6. The second-order valence-corrected chi connectivity index (χ2v) is 9.13. The van der Waals surface area contributed by atoms with E-state index in [4.69, 9.17) is 9.97 Å². The number of rotatable bonds is 8. The Labute approximate surface area is 201 Å². The topological polar surface area (TPSA) is 82.7 Å². The Bertz CT molecular complexity index is 1400. The van der Waals surface area contributed by atoms with E-state index in [-0.39, 0.29) is 5.92 Å². The Hall–Kier alpha value is -3.97. The average molecular weight is 468 g/mol. The summed E-state index contributed by atoms with van der Waals surface area (Å²) in [5, 5.41) is 4.57. The van der Waals surface area contributed by atoms with Gasteiger partial charge in [-0.3, -0.25) is 0 Å². The van der Waals surface area contributed by atoms with Gasteiger partial charge in [0.05, 0.1) is 5.52 Å². The third-order valence-corrected chi connectivity index (χ3v) is 6.20. The molecule has 2 heterocycles. The average Bonchev–Trinajstić information content (AvgIpc) is 3.39. The summed E-state index contributed by atoms with van der Waals surface area (Å²) < 4.78 is 14.3. The van der Waals surface area contributed by atoms with Gasteiger partial charge in [0.25, 0.3) is 0 Å². The van der Waals surface area contributed by atoms with Crippen LogP contribution in [-0.4, -0.2) is 32.0 Å². The second-order valence-electron chi connectivity index (χ2n) is 8.02. The van der Waals surface area contributed by atoms with Crippen molar-refractivity contribution in [2.75, 3.05) is 22.8 Å². The third-order valence-electron chi connectivity index (χ3n) is 5.68. The van der Waals surface area contributed by atoms with Crippen molar-refractivity contribution in [1.29, 1.82) is 0 Å². The van der Waals surface area contributed by atoms with Gasteiger partial charge in [0.15, 0.2) is 5.82 Å². The predicted octanol–water partition coefficient (Wildman–Crippen LogP) is 5.57. The molecule has 0 saturated heterocycles. The summed E-state index contributed by atoms with van der Waals surface area (Å²) in [5.41, 5.74) is 4.94. The summed E-state index contributed by atoms with van der Waals surface area (Å²) in [6.07, 6.45) is 3.56. The number of fused-ring (bicyclic) bond motifs is 1. The predicted molar refractivity (Wildman–Crippen MR) is 140 cm³/mol. The highest BCUT2D eigenvalue weighted by atomic mass is 32.2. The standard InChI is InChI=1S/C27H25N5OS/c1-34(33)32-21-15-13-20(14-16-21)26-30-25-11-6-5-10-22(25)27(31-26)29-18-23(24-12-7-17-28-24)19-8-3-2-4-9-19/h2-17,23,28,32H,18H2,1H3,(H,29,30,31). The zero-order valence-electron chi connectivity index (χ0n) is 18.7. The molecule has 170 valence electrons. The van der Waals surface area contributed by atoms with Crippen LogP contribution in [0.1, 0.15) is 17.2 Å². The fraction of sp³-hybridized carbons (Fsp3) is 0.111. The van der Waals surface area contributed by atoms with Crippen LogP contribution < -0.4 is 10.0 Å². The van der Waals surface area contributed by atoms with Crippen LogP contribution in [-0.2, 0) is 11.0 Å². The van der Waals surface area contributed by atoms with Gasteiger partial charge >= 0.3 is 0 Å². The van der Waals surface area contributed by atoms with Crippen LogP contribution in [0.25, 0.3) is 22.3 Å². The summed E-state index contributed by atoms with van der Waals surface area (Å²) in [7, 11) is -1.12. The van der Waals surface area contributed by atoms with Crippen molar-refractivity contribution in [2.24, 2.45) is 0 Å². The highest BCUT2D eigenvalue weighted by Crippen LogP contribution is 2.28. The summed E-state index contributed by atoms with van der Waals surface area (Å²) in [4.78, 5) is 13.1. The molecule has 0 aliphatic carbocycles. The molecule has 0 amide bonds. The highest BCUT2D eigenvalue weighted by Gasteiger charge is 2.17. The second kappa shape index (κ2) is 9.89. The highest BCUT2D eigenvalue weighted by molar-refractivity contribution is 7.85. The number of nitrogens with one attached hydrogen (secondary N) is 3. The first kappa shape index (κ1) is 21.9. The number of benzene rings is 3. The van der Waals surface area contributed by atoms with Crippen molar-refractivity contribution >= 4 is 33.4 Å². The number of para-hydroxylation sites is 1. The lowest BCUT2D eigenvalue weighted by molar-refractivity contribution is 0.690. The SMILES string of the molecule is CS(=O)Nc1ccc(-c2nc(NCC(c3ccccc3)c3ccc[nH]3)c3ccccc3n2)cc1. The van der Waals surface area contributed by atoms with Crippen LogP contribution in [0.15, 0.2) is 97.2 Å². The van der Waals surface area contributed by atoms with Gasteiger partial charge in [0, 0.05) is 47.2 Å². The molecular weight excluding hydrogens is 442 g/mol. The number of H-pyrrole nitrogens is 1. The molecular formula is C27H25N5OS. The molecule has 2 atom stereocenters. The normalized spacial score (nSPS) is 12.9. The van der Waals surface area contributed by atoms with E-state index < -0.39 is 11.0 Å². The maximum atomic E-state index is 11.4. The minimum Gasteiger partial charge on any atom is -0.368 e. The van der Waals surface area contributed by atoms with Crippen LogP contribution >= 0.6 is 0 Å². The quantitative estimate of drug-likeness (QED) is 0.278. The van der Waals surface area contributed by atoms with Crippen molar-refractivity contribution < 1.29 is 4.21 Å². The Kier molecular flexibility index (Phi) is 6.35. The van der Waals surface area contributed by atoms with Gasteiger partial charge in [-0.1, -0.05) is 42.5 Å². The van der Waals surface area contributed by atoms with E-state index in [1.165, 1.54) is 5.56 Å².